The highest BCUT2D eigenvalue weighted by molar-refractivity contribution is 5.13. The zero-order valence-corrected chi connectivity index (χ0v) is 12.5. The summed E-state index contributed by atoms with van der Waals surface area (Å²) in [5, 5.41) is 11.3. The summed E-state index contributed by atoms with van der Waals surface area (Å²) >= 11 is 0. The normalized spacial score (nSPS) is 12.5. The highest BCUT2D eigenvalue weighted by Crippen LogP contribution is 2.11. The fourth-order valence-electron chi connectivity index (χ4n) is 2.11. The molecule has 0 saturated carbocycles. The Morgan fingerprint density at radius 1 is 1.29 bits per heavy atom. The molecular weight excluding hydrogens is 268 g/mol. The van der Waals surface area contributed by atoms with E-state index in [0.29, 0.717) is 26.4 Å². The van der Waals surface area contributed by atoms with Crippen molar-refractivity contribution in [3.63, 3.8) is 0 Å². The molecule has 0 saturated heterocycles. The first-order valence-corrected chi connectivity index (χ1v) is 7.01. The zero-order chi connectivity index (χ0) is 14.9. The fourth-order valence-corrected chi connectivity index (χ4v) is 2.11. The highest BCUT2D eigenvalue weighted by Gasteiger charge is 2.14. The number of hydrogen-bond acceptors (Lipinski definition) is 5. The Morgan fingerprint density at radius 2 is 2.10 bits per heavy atom. The molecule has 1 aromatic heterocycles. The van der Waals surface area contributed by atoms with E-state index in [0.717, 1.165) is 5.69 Å². The van der Waals surface area contributed by atoms with E-state index >= 15 is 0 Å². The molecule has 1 atom stereocenters. The minimum Gasteiger partial charge on any atom is -0.383 e. The summed E-state index contributed by atoms with van der Waals surface area (Å²) in [6.45, 7) is 2.45. The molecule has 6 heteroatoms. The molecule has 0 bridgehead atoms. The molecule has 6 nitrogen and oxygen atoms in total. The smallest absolute Gasteiger partial charge is 0.0781 e. The van der Waals surface area contributed by atoms with Gasteiger partial charge in [-0.1, -0.05) is 35.5 Å². The van der Waals surface area contributed by atoms with E-state index in [4.69, 9.17) is 9.47 Å². The number of ether oxygens (including phenoxy) is 2. The summed E-state index contributed by atoms with van der Waals surface area (Å²) in [6, 6.07) is 10.2. The predicted molar refractivity (Wildman–Crippen MR) is 79.8 cm³/mol. The molecule has 0 aliphatic carbocycles. The van der Waals surface area contributed by atoms with Gasteiger partial charge in [-0.3, -0.25) is 0 Å². The third-order valence-electron chi connectivity index (χ3n) is 3.25. The predicted octanol–water partition coefficient (Wildman–Crippen LogP) is 1.40. The quantitative estimate of drug-likeness (QED) is 0.707. The highest BCUT2D eigenvalue weighted by atomic mass is 16.5. The van der Waals surface area contributed by atoms with E-state index < -0.39 is 0 Å². The van der Waals surface area contributed by atoms with Crippen LogP contribution in [0.1, 0.15) is 17.3 Å². The van der Waals surface area contributed by atoms with Crippen molar-refractivity contribution < 1.29 is 9.47 Å². The summed E-state index contributed by atoms with van der Waals surface area (Å²) in [5.41, 5.74) is 2.17. The van der Waals surface area contributed by atoms with E-state index in [-0.39, 0.29) is 6.04 Å². The fraction of sp³-hybridized carbons (Fsp3) is 0.467. The lowest BCUT2D eigenvalue weighted by Crippen LogP contribution is -2.25. The van der Waals surface area contributed by atoms with Crippen LogP contribution in [-0.2, 0) is 22.6 Å². The van der Waals surface area contributed by atoms with E-state index in [1.807, 2.05) is 29.9 Å². The maximum absolute atomic E-state index is 5.68. The number of methoxy groups -OCH3 is 1. The molecule has 0 aliphatic heterocycles. The standard InChI is InChI=1S/C15H22N4O2/c1-16-14(12-20-2)15-10-17-18-19(15)8-9-21-11-13-6-4-3-5-7-13/h3-7,10,14,16H,8-9,11-12H2,1-2H3. The molecule has 0 aliphatic rings. The summed E-state index contributed by atoms with van der Waals surface area (Å²) in [4.78, 5) is 0. The van der Waals surface area contributed by atoms with Gasteiger partial charge < -0.3 is 14.8 Å². The first-order valence-electron chi connectivity index (χ1n) is 7.01. The van der Waals surface area contributed by atoms with Crippen LogP contribution in [0.25, 0.3) is 0 Å². The molecule has 0 fully saturated rings. The number of nitrogens with one attached hydrogen (secondary N) is 1. The van der Waals surface area contributed by atoms with E-state index in [1.165, 1.54) is 5.56 Å². The van der Waals surface area contributed by atoms with Crippen LogP contribution < -0.4 is 5.32 Å². The SMILES string of the molecule is CNC(COC)c1cnnn1CCOCc1ccccc1. The monoisotopic (exact) mass is 290 g/mol. The minimum absolute atomic E-state index is 0.0825. The van der Waals surface area contributed by atoms with Gasteiger partial charge in [0.05, 0.1) is 44.3 Å². The van der Waals surface area contributed by atoms with Crippen molar-refractivity contribution >= 4 is 0 Å². The second-order valence-electron chi connectivity index (χ2n) is 4.72. The van der Waals surface area contributed by atoms with Crippen LogP contribution >= 0.6 is 0 Å². The number of likely N-dealkylation sites (N-methyl/N-ethyl adjacent to an activating group) is 1. The van der Waals surface area contributed by atoms with Gasteiger partial charge in [0.1, 0.15) is 0 Å². The van der Waals surface area contributed by atoms with Gasteiger partial charge in [0.15, 0.2) is 0 Å². The van der Waals surface area contributed by atoms with Gasteiger partial charge in [-0.25, -0.2) is 4.68 Å². The number of hydrogen-bond donors (Lipinski definition) is 1. The third kappa shape index (κ3) is 4.63. The van der Waals surface area contributed by atoms with Gasteiger partial charge in [0, 0.05) is 7.11 Å². The Labute approximate surface area is 125 Å². The maximum atomic E-state index is 5.68. The van der Waals surface area contributed by atoms with Crippen LogP contribution in [0.4, 0.5) is 0 Å². The van der Waals surface area contributed by atoms with Crippen molar-refractivity contribution in [2.75, 3.05) is 27.4 Å². The Balaban J connectivity index is 1.82. The van der Waals surface area contributed by atoms with Crippen LogP contribution in [0.2, 0.25) is 0 Å². The van der Waals surface area contributed by atoms with Gasteiger partial charge in [0.25, 0.3) is 0 Å². The molecule has 0 radical (unpaired) electrons. The van der Waals surface area contributed by atoms with Crippen molar-refractivity contribution in [1.82, 2.24) is 20.3 Å². The summed E-state index contributed by atoms with van der Waals surface area (Å²) in [5.74, 6) is 0. The molecule has 0 spiro atoms. The Kier molecular flexibility index (Phi) is 6.33. The Morgan fingerprint density at radius 3 is 2.81 bits per heavy atom. The number of rotatable bonds is 9. The number of nitrogens with zero attached hydrogens (tertiary/aromatic N) is 3. The van der Waals surface area contributed by atoms with Crippen LogP contribution in [0, 0.1) is 0 Å². The van der Waals surface area contributed by atoms with Gasteiger partial charge in [-0.15, -0.1) is 5.10 Å². The van der Waals surface area contributed by atoms with Crippen molar-refractivity contribution in [2.24, 2.45) is 0 Å². The molecular formula is C15H22N4O2. The maximum Gasteiger partial charge on any atom is 0.0781 e. The van der Waals surface area contributed by atoms with Crippen molar-refractivity contribution in [1.29, 1.82) is 0 Å². The van der Waals surface area contributed by atoms with Crippen LogP contribution in [-0.4, -0.2) is 42.4 Å². The lowest BCUT2D eigenvalue weighted by molar-refractivity contribution is 0.108. The van der Waals surface area contributed by atoms with E-state index in [1.54, 1.807) is 13.3 Å². The zero-order valence-electron chi connectivity index (χ0n) is 12.5. The van der Waals surface area contributed by atoms with Gasteiger partial charge in [-0.05, 0) is 12.6 Å². The third-order valence-corrected chi connectivity index (χ3v) is 3.25. The summed E-state index contributed by atoms with van der Waals surface area (Å²) in [7, 11) is 3.58. The first-order chi connectivity index (χ1) is 10.3. The van der Waals surface area contributed by atoms with Crippen LogP contribution in [0.5, 0.6) is 0 Å². The number of aromatic nitrogens is 3. The molecule has 2 rings (SSSR count). The second-order valence-corrected chi connectivity index (χ2v) is 4.72. The van der Waals surface area contributed by atoms with Gasteiger partial charge in [-0.2, -0.15) is 0 Å². The molecule has 1 aromatic carbocycles. The average Bonchev–Trinajstić information content (AvgIpc) is 2.98. The molecule has 1 unspecified atom stereocenters. The molecule has 1 N–H and O–H groups in total. The van der Waals surface area contributed by atoms with Crippen molar-refractivity contribution in [3.8, 4) is 0 Å². The van der Waals surface area contributed by atoms with Crippen molar-refractivity contribution in [3.05, 3.63) is 47.8 Å². The molecule has 2 aromatic rings. The van der Waals surface area contributed by atoms with Crippen molar-refractivity contribution in [2.45, 2.75) is 19.2 Å². The lowest BCUT2D eigenvalue weighted by Gasteiger charge is -2.16. The largest absolute Gasteiger partial charge is 0.383 e. The van der Waals surface area contributed by atoms with Gasteiger partial charge >= 0.3 is 0 Å². The Bertz CT molecular complexity index is 515. The molecule has 114 valence electrons. The molecule has 1 heterocycles. The van der Waals surface area contributed by atoms with E-state index in [9.17, 15) is 0 Å². The Hall–Kier alpha value is -1.76. The average molecular weight is 290 g/mol. The molecule has 21 heavy (non-hydrogen) atoms. The summed E-state index contributed by atoms with van der Waals surface area (Å²) in [6.07, 6.45) is 1.76. The van der Waals surface area contributed by atoms with Crippen LogP contribution in [0.3, 0.4) is 0 Å². The molecule has 0 amide bonds. The second kappa shape index (κ2) is 8.51. The van der Waals surface area contributed by atoms with Gasteiger partial charge in [0.2, 0.25) is 0 Å². The summed E-state index contributed by atoms with van der Waals surface area (Å²) < 4.78 is 12.7. The minimum atomic E-state index is 0.0825. The topological polar surface area (TPSA) is 61.2 Å². The number of benzene rings is 1. The first kappa shape index (κ1) is 15.6. The van der Waals surface area contributed by atoms with Crippen LogP contribution in [0.15, 0.2) is 36.5 Å². The lowest BCUT2D eigenvalue weighted by atomic mass is 10.2. The van der Waals surface area contributed by atoms with E-state index in [2.05, 4.69) is 27.8 Å².